The van der Waals surface area contributed by atoms with Crippen molar-refractivity contribution in [1.82, 2.24) is 9.88 Å². The largest absolute Gasteiger partial charge is 0.335 e. The molecule has 1 unspecified atom stereocenters. The first-order valence-corrected chi connectivity index (χ1v) is 6.01. The predicted octanol–water partition coefficient (Wildman–Crippen LogP) is 2.48. The van der Waals surface area contributed by atoms with Crippen molar-refractivity contribution >= 4 is 5.91 Å². The average molecular weight is 236 g/mol. The van der Waals surface area contributed by atoms with Crippen LogP contribution in [0.1, 0.15) is 37.0 Å². The van der Waals surface area contributed by atoms with Crippen molar-refractivity contribution in [2.45, 2.75) is 32.7 Å². The third kappa shape index (κ3) is 2.30. The fourth-order valence-electron chi connectivity index (χ4n) is 2.44. The van der Waals surface area contributed by atoms with Crippen LogP contribution < -0.4 is 0 Å². The number of likely N-dealkylation sites (tertiary alicyclic amines) is 1. The molecular weight excluding hydrogens is 219 g/mol. The van der Waals surface area contributed by atoms with Crippen LogP contribution in [0.2, 0.25) is 0 Å². The first-order valence-electron chi connectivity index (χ1n) is 6.01. The first kappa shape index (κ1) is 12.0. The highest BCUT2D eigenvalue weighted by molar-refractivity contribution is 5.94. The zero-order valence-corrected chi connectivity index (χ0v) is 10.2. The van der Waals surface area contributed by atoms with Crippen LogP contribution in [0.3, 0.4) is 0 Å². The Morgan fingerprint density at radius 2 is 2.35 bits per heavy atom. The molecule has 4 heteroatoms. The molecule has 0 N–H and O–H groups in total. The number of aromatic nitrogens is 1. The minimum atomic E-state index is -0.535. The fraction of sp³-hybridized carbons (Fsp3) is 0.538. The van der Waals surface area contributed by atoms with Crippen molar-refractivity contribution < 1.29 is 9.18 Å². The summed E-state index contributed by atoms with van der Waals surface area (Å²) >= 11 is 0. The molecule has 3 nitrogen and oxygen atoms in total. The Kier molecular flexibility index (Phi) is 3.41. The maximum Gasteiger partial charge on any atom is 0.257 e. The number of nitrogens with zero attached hydrogens (tertiary/aromatic N) is 2. The normalized spacial score (nSPS) is 20.0. The van der Waals surface area contributed by atoms with E-state index in [-0.39, 0.29) is 17.5 Å². The lowest BCUT2D eigenvalue weighted by Gasteiger charge is -2.27. The van der Waals surface area contributed by atoms with Crippen LogP contribution in [0.4, 0.5) is 4.39 Å². The summed E-state index contributed by atoms with van der Waals surface area (Å²) in [7, 11) is 0. The highest BCUT2D eigenvalue weighted by Crippen LogP contribution is 2.25. The van der Waals surface area contributed by atoms with Gasteiger partial charge in [0.15, 0.2) is 5.82 Å². The van der Waals surface area contributed by atoms with E-state index in [1.165, 1.54) is 12.3 Å². The number of hydrogen-bond acceptors (Lipinski definition) is 2. The molecule has 92 valence electrons. The molecule has 1 saturated heterocycles. The van der Waals surface area contributed by atoms with Crippen molar-refractivity contribution in [1.29, 1.82) is 0 Å². The molecule has 0 saturated carbocycles. The molecule has 2 heterocycles. The number of carbonyl (C=O) groups is 1. The lowest BCUT2D eigenvalue weighted by molar-refractivity contribution is 0.0696. The van der Waals surface area contributed by atoms with E-state index in [1.807, 2.05) is 0 Å². The van der Waals surface area contributed by atoms with Gasteiger partial charge in [-0.15, -0.1) is 0 Å². The third-order valence-corrected chi connectivity index (χ3v) is 3.33. The standard InChI is InChI=1S/C13H17FN2O/c1-9(2)12-4-3-7-16(12)13(17)10-5-6-15-8-11(10)14/h5-6,8-9,12H,3-4,7H2,1-2H3. The van der Waals surface area contributed by atoms with Crippen LogP contribution in [0.25, 0.3) is 0 Å². The molecule has 1 amide bonds. The third-order valence-electron chi connectivity index (χ3n) is 3.33. The van der Waals surface area contributed by atoms with E-state index in [4.69, 9.17) is 0 Å². The topological polar surface area (TPSA) is 33.2 Å². The molecule has 17 heavy (non-hydrogen) atoms. The Bertz CT molecular complexity index is 420. The van der Waals surface area contributed by atoms with Crippen molar-refractivity contribution in [3.63, 3.8) is 0 Å². The van der Waals surface area contributed by atoms with Gasteiger partial charge >= 0.3 is 0 Å². The minimum absolute atomic E-state index is 0.132. The molecule has 2 rings (SSSR count). The molecule has 0 aliphatic carbocycles. The summed E-state index contributed by atoms with van der Waals surface area (Å²) in [5.41, 5.74) is 0.132. The summed E-state index contributed by atoms with van der Waals surface area (Å²) in [5.74, 6) is -0.334. The van der Waals surface area contributed by atoms with Gasteiger partial charge in [0.2, 0.25) is 0 Å². The molecule has 1 aliphatic rings. The van der Waals surface area contributed by atoms with Gasteiger partial charge in [-0.3, -0.25) is 9.78 Å². The second kappa shape index (κ2) is 4.82. The van der Waals surface area contributed by atoms with E-state index < -0.39 is 5.82 Å². The van der Waals surface area contributed by atoms with Crippen molar-refractivity contribution in [3.05, 3.63) is 29.8 Å². The van der Waals surface area contributed by atoms with E-state index in [9.17, 15) is 9.18 Å². The van der Waals surface area contributed by atoms with Gasteiger partial charge in [0.25, 0.3) is 5.91 Å². The summed E-state index contributed by atoms with van der Waals surface area (Å²) in [6, 6.07) is 1.68. The zero-order chi connectivity index (χ0) is 12.4. The SMILES string of the molecule is CC(C)C1CCCN1C(=O)c1ccncc1F. The van der Waals surface area contributed by atoms with Crippen molar-refractivity contribution in [3.8, 4) is 0 Å². The highest BCUT2D eigenvalue weighted by atomic mass is 19.1. The molecule has 0 radical (unpaired) electrons. The Labute approximate surface area is 101 Å². The number of carbonyl (C=O) groups excluding carboxylic acids is 1. The quantitative estimate of drug-likeness (QED) is 0.790. The van der Waals surface area contributed by atoms with E-state index >= 15 is 0 Å². The molecule has 0 spiro atoms. The van der Waals surface area contributed by atoms with Gasteiger partial charge in [-0.05, 0) is 24.8 Å². The van der Waals surface area contributed by atoms with Gasteiger partial charge in [0, 0.05) is 18.8 Å². The summed E-state index contributed by atoms with van der Waals surface area (Å²) in [6.45, 7) is 4.92. The minimum Gasteiger partial charge on any atom is -0.335 e. The molecule has 1 aromatic rings. The van der Waals surface area contributed by atoms with Crippen LogP contribution in [0, 0.1) is 11.7 Å². The maximum atomic E-state index is 13.5. The fourth-order valence-corrected chi connectivity index (χ4v) is 2.44. The molecule has 1 aromatic heterocycles. The Balaban J connectivity index is 2.23. The molecular formula is C13H17FN2O. The maximum absolute atomic E-state index is 13.5. The smallest absolute Gasteiger partial charge is 0.257 e. The lowest BCUT2D eigenvalue weighted by Crippen LogP contribution is -2.38. The Morgan fingerprint density at radius 1 is 1.59 bits per heavy atom. The van der Waals surface area contributed by atoms with E-state index in [0.717, 1.165) is 25.6 Å². The summed E-state index contributed by atoms with van der Waals surface area (Å²) in [4.78, 5) is 17.7. The number of amides is 1. The van der Waals surface area contributed by atoms with Crippen LogP contribution in [0.5, 0.6) is 0 Å². The van der Waals surface area contributed by atoms with Crippen LogP contribution in [-0.4, -0.2) is 28.4 Å². The second-order valence-corrected chi connectivity index (χ2v) is 4.81. The van der Waals surface area contributed by atoms with Gasteiger partial charge in [-0.25, -0.2) is 4.39 Å². The van der Waals surface area contributed by atoms with Crippen molar-refractivity contribution in [2.24, 2.45) is 5.92 Å². The van der Waals surface area contributed by atoms with Gasteiger partial charge in [0.05, 0.1) is 11.8 Å². The Hall–Kier alpha value is -1.45. The van der Waals surface area contributed by atoms with Crippen LogP contribution in [-0.2, 0) is 0 Å². The first-order chi connectivity index (χ1) is 8.11. The van der Waals surface area contributed by atoms with Crippen LogP contribution >= 0.6 is 0 Å². The summed E-state index contributed by atoms with van der Waals surface area (Å²) < 4.78 is 13.5. The number of pyridine rings is 1. The van der Waals surface area contributed by atoms with Gasteiger partial charge < -0.3 is 4.90 Å². The number of hydrogen-bond donors (Lipinski definition) is 0. The Morgan fingerprint density at radius 3 is 3.00 bits per heavy atom. The van der Waals surface area contributed by atoms with Gasteiger partial charge in [-0.2, -0.15) is 0 Å². The van der Waals surface area contributed by atoms with Gasteiger partial charge in [-0.1, -0.05) is 13.8 Å². The number of halogens is 1. The molecule has 1 fully saturated rings. The van der Waals surface area contributed by atoms with E-state index in [2.05, 4.69) is 18.8 Å². The highest BCUT2D eigenvalue weighted by Gasteiger charge is 2.32. The number of rotatable bonds is 2. The van der Waals surface area contributed by atoms with E-state index in [1.54, 1.807) is 4.90 Å². The van der Waals surface area contributed by atoms with E-state index in [0.29, 0.717) is 5.92 Å². The van der Waals surface area contributed by atoms with Crippen molar-refractivity contribution in [2.75, 3.05) is 6.54 Å². The average Bonchev–Trinajstić information content (AvgIpc) is 2.77. The molecule has 0 aromatic carbocycles. The second-order valence-electron chi connectivity index (χ2n) is 4.81. The molecule has 0 bridgehead atoms. The zero-order valence-electron chi connectivity index (χ0n) is 10.2. The molecule has 1 aliphatic heterocycles. The summed E-state index contributed by atoms with van der Waals surface area (Å²) in [6.07, 6.45) is 4.56. The van der Waals surface area contributed by atoms with Crippen LogP contribution in [0.15, 0.2) is 18.5 Å². The lowest BCUT2D eigenvalue weighted by atomic mass is 10.0. The van der Waals surface area contributed by atoms with Gasteiger partial charge in [0.1, 0.15) is 0 Å². The predicted molar refractivity (Wildman–Crippen MR) is 63.1 cm³/mol. The molecule has 1 atom stereocenters. The monoisotopic (exact) mass is 236 g/mol. The summed E-state index contributed by atoms with van der Waals surface area (Å²) in [5, 5.41) is 0.